The maximum Gasteiger partial charge on any atom is 0.136 e. The van der Waals surface area contributed by atoms with Crippen molar-refractivity contribution < 1.29 is 9.18 Å². The SMILES string of the molecule is CC(=O)C(C(C)(C)C)C1(F)CC1. The van der Waals surface area contributed by atoms with E-state index in [4.69, 9.17) is 0 Å². The van der Waals surface area contributed by atoms with E-state index < -0.39 is 11.6 Å². The summed E-state index contributed by atoms with van der Waals surface area (Å²) in [6.07, 6.45) is 1.13. The molecule has 1 rings (SSSR count). The summed E-state index contributed by atoms with van der Waals surface area (Å²) in [5.41, 5.74) is -1.42. The molecule has 0 aromatic heterocycles. The van der Waals surface area contributed by atoms with Crippen LogP contribution < -0.4 is 0 Å². The first-order chi connectivity index (χ1) is 5.27. The minimum atomic E-state index is -1.18. The molecule has 1 atom stereocenters. The number of halogens is 1. The maximum atomic E-state index is 13.7. The molecule has 1 saturated carbocycles. The lowest BCUT2D eigenvalue weighted by Crippen LogP contribution is -2.36. The normalized spacial score (nSPS) is 23.4. The van der Waals surface area contributed by atoms with Crippen LogP contribution >= 0.6 is 0 Å². The number of Topliss-reactive ketones (excluding diaryl/α,β-unsaturated/α-hetero) is 1. The zero-order valence-electron chi connectivity index (χ0n) is 8.28. The average molecular weight is 172 g/mol. The minimum absolute atomic E-state index is 0.0116. The lowest BCUT2D eigenvalue weighted by Gasteiger charge is -2.31. The number of ketones is 1. The zero-order valence-corrected chi connectivity index (χ0v) is 8.28. The van der Waals surface area contributed by atoms with Crippen LogP contribution in [0.5, 0.6) is 0 Å². The summed E-state index contributed by atoms with van der Waals surface area (Å²) in [5.74, 6) is -0.424. The van der Waals surface area contributed by atoms with Gasteiger partial charge in [-0.3, -0.25) is 4.79 Å². The Morgan fingerprint density at radius 2 is 1.83 bits per heavy atom. The number of rotatable bonds is 2. The van der Waals surface area contributed by atoms with E-state index in [1.54, 1.807) is 0 Å². The van der Waals surface area contributed by atoms with Gasteiger partial charge in [-0.2, -0.15) is 0 Å². The predicted octanol–water partition coefficient (Wildman–Crippen LogP) is 2.74. The first-order valence-electron chi connectivity index (χ1n) is 4.47. The van der Waals surface area contributed by atoms with Gasteiger partial charge in [0.15, 0.2) is 0 Å². The van der Waals surface area contributed by atoms with Crippen molar-refractivity contribution in [3.8, 4) is 0 Å². The zero-order chi connectivity index (χ0) is 9.57. The summed E-state index contributed by atoms with van der Waals surface area (Å²) >= 11 is 0. The van der Waals surface area contributed by atoms with E-state index in [0.717, 1.165) is 0 Å². The number of hydrogen-bond acceptors (Lipinski definition) is 1. The van der Waals surface area contributed by atoms with Crippen molar-refractivity contribution in [3.63, 3.8) is 0 Å². The van der Waals surface area contributed by atoms with Gasteiger partial charge in [0.05, 0.1) is 5.92 Å². The molecule has 0 radical (unpaired) electrons. The Morgan fingerprint density at radius 1 is 1.42 bits per heavy atom. The number of alkyl halides is 1. The quantitative estimate of drug-likeness (QED) is 0.626. The smallest absolute Gasteiger partial charge is 0.136 e. The van der Waals surface area contributed by atoms with Crippen molar-refractivity contribution in [2.24, 2.45) is 11.3 Å². The van der Waals surface area contributed by atoms with Crippen molar-refractivity contribution in [3.05, 3.63) is 0 Å². The molecule has 1 unspecified atom stereocenters. The number of carbonyl (C=O) groups excluding carboxylic acids is 1. The summed E-state index contributed by atoms with van der Waals surface area (Å²) in [4.78, 5) is 11.2. The van der Waals surface area contributed by atoms with Gasteiger partial charge in [0.2, 0.25) is 0 Å². The van der Waals surface area contributed by atoms with Crippen LogP contribution in [0.3, 0.4) is 0 Å². The lowest BCUT2D eigenvalue weighted by molar-refractivity contribution is -0.127. The van der Waals surface area contributed by atoms with Gasteiger partial charge in [0, 0.05) is 0 Å². The molecule has 0 amide bonds. The van der Waals surface area contributed by atoms with E-state index in [1.165, 1.54) is 6.92 Å². The minimum Gasteiger partial charge on any atom is -0.300 e. The van der Waals surface area contributed by atoms with Crippen LogP contribution in [0.25, 0.3) is 0 Å². The molecule has 1 aliphatic rings. The molecule has 12 heavy (non-hydrogen) atoms. The highest BCUT2D eigenvalue weighted by Crippen LogP contribution is 2.52. The Kier molecular flexibility index (Phi) is 2.05. The third-order valence-electron chi connectivity index (χ3n) is 2.52. The van der Waals surface area contributed by atoms with Gasteiger partial charge < -0.3 is 0 Å². The highest BCUT2D eigenvalue weighted by molar-refractivity contribution is 5.80. The first-order valence-corrected chi connectivity index (χ1v) is 4.47. The predicted molar refractivity (Wildman–Crippen MR) is 46.7 cm³/mol. The molecule has 0 bridgehead atoms. The Bertz CT molecular complexity index is 193. The fourth-order valence-corrected chi connectivity index (χ4v) is 2.16. The van der Waals surface area contributed by atoms with Crippen molar-refractivity contribution >= 4 is 5.78 Å². The van der Waals surface area contributed by atoms with Crippen LogP contribution in [0.4, 0.5) is 4.39 Å². The van der Waals surface area contributed by atoms with E-state index in [2.05, 4.69) is 0 Å². The van der Waals surface area contributed by atoms with Gasteiger partial charge in [-0.05, 0) is 25.2 Å². The molecular weight excluding hydrogens is 155 g/mol. The average Bonchev–Trinajstić information content (AvgIpc) is 2.41. The fourth-order valence-electron chi connectivity index (χ4n) is 2.16. The van der Waals surface area contributed by atoms with E-state index in [-0.39, 0.29) is 11.2 Å². The molecular formula is C10H17FO. The van der Waals surface area contributed by atoms with Gasteiger partial charge in [-0.15, -0.1) is 0 Å². The van der Waals surface area contributed by atoms with Gasteiger partial charge in [-0.1, -0.05) is 20.8 Å². The molecule has 0 N–H and O–H groups in total. The second-order valence-corrected chi connectivity index (χ2v) is 4.94. The fraction of sp³-hybridized carbons (Fsp3) is 0.900. The van der Waals surface area contributed by atoms with Crippen molar-refractivity contribution in [2.75, 3.05) is 0 Å². The topological polar surface area (TPSA) is 17.1 Å². The molecule has 0 saturated heterocycles. The Labute approximate surface area is 73.3 Å². The molecule has 0 heterocycles. The van der Waals surface area contributed by atoms with Crippen LogP contribution in [0.2, 0.25) is 0 Å². The largest absolute Gasteiger partial charge is 0.300 e. The van der Waals surface area contributed by atoms with Crippen LogP contribution in [-0.4, -0.2) is 11.5 Å². The first kappa shape index (κ1) is 9.69. The lowest BCUT2D eigenvalue weighted by atomic mass is 9.74. The molecule has 1 fully saturated rings. The summed E-state index contributed by atoms with van der Waals surface area (Å²) in [6, 6.07) is 0. The molecule has 0 aromatic rings. The Hall–Kier alpha value is -0.400. The van der Waals surface area contributed by atoms with E-state index in [0.29, 0.717) is 12.8 Å². The Balaban J connectivity index is 2.83. The van der Waals surface area contributed by atoms with Gasteiger partial charge in [0.1, 0.15) is 11.5 Å². The molecule has 2 heteroatoms. The molecule has 0 aliphatic heterocycles. The van der Waals surface area contributed by atoms with Crippen LogP contribution in [0.1, 0.15) is 40.5 Å². The highest BCUT2D eigenvalue weighted by Gasteiger charge is 2.56. The van der Waals surface area contributed by atoms with Crippen LogP contribution in [0, 0.1) is 11.3 Å². The standard InChI is InChI=1S/C10H17FO/c1-7(12)8(9(2,3)4)10(11)5-6-10/h8H,5-6H2,1-4H3. The van der Waals surface area contributed by atoms with Gasteiger partial charge >= 0.3 is 0 Å². The second-order valence-electron chi connectivity index (χ2n) is 4.94. The van der Waals surface area contributed by atoms with Crippen molar-refractivity contribution in [1.29, 1.82) is 0 Å². The summed E-state index contributed by atoms with van der Waals surface area (Å²) in [6.45, 7) is 7.28. The Morgan fingerprint density at radius 3 is 1.92 bits per heavy atom. The highest BCUT2D eigenvalue weighted by atomic mass is 19.1. The summed E-state index contributed by atoms with van der Waals surface area (Å²) in [5, 5.41) is 0. The van der Waals surface area contributed by atoms with E-state index in [9.17, 15) is 9.18 Å². The van der Waals surface area contributed by atoms with E-state index in [1.807, 2.05) is 20.8 Å². The molecule has 0 spiro atoms. The van der Waals surface area contributed by atoms with Gasteiger partial charge in [-0.25, -0.2) is 4.39 Å². The summed E-state index contributed by atoms with van der Waals surface area (Å²) < 4.78 is 13.7. The van der Waals surface area contributed by atoms with Crippen molar-refractivity contribution in [2.45, 2.75) is 46.2 Å². The number of carbonyl (C=O) groups is 1. The van der Waals surface area contributed by atoms with Crippen molar-refractivity contribution in [1.82, 2.24) is 0 Å². The second kappa shape index (κ2) is 2.54. The van der Waals surface area contributed by atoms with Gasteiger partial charge in [0.25, 0.3) is 0 Å². The van der Waals surface area contributed by atoms with Crippen LogP contribution in [-0.2, 0) is 4.79 Å². The molecule has 70 valence electrons. The molecule has 1 aliphatic carbocycles. The maximum absolute atomic E-state index is 13.7. The number of hydrogen-bond donors (Lipinski definition) is 0. The third kappa shape index (κ3) is 1.67. The van der Waals surface area contributed by atoms with E-state index >= 15 is 0 Å². The summed E-state index contributed by atoms with van der Waals surface area (Å²) in [7, 11) is 0. The molecule has 1 nitrogen and oxygen atoms in total. The molecule has 0 aromatic carbocycles. The monoisotopic (exact) mass is 172 g/mol. The van der Waals surface area contributed by atoms with Crippen LogP contribution in [0.15, 0.2) is 0 Å². The third-order valence-corrected chi connectivity index (χ3v) is 2.52.